The molecule has 5 rings (SSSR count). The smallest absolute Gasteiger partial charge is 0.339 e. The standard InChI is InChI=1S/C28H23N3O13S4/c1-14-3-5-17(6-4-14)48(40,41)42-25-12-18(46(34,35)36)11-20-15(2)22(8-7-19(20)25)30-31-23-13-26(47(37,38)39)21-9-16(45-44-43-33)10-24(32)27(21)28(23)29/h3-13,32-33H,29H2,1-2H3,(H,34,35,36)(H,37,38,39). The Morgan fingerprint density at radius 2 is 1.42 bits per heavy atom. The lowest BCUT2D eigenvalue weighted by molar-refractivity contribution is -0.432. The van der Waals surface area contributed by atoms with Crippen LogP contribution in [0.5, 0.6) is 11.5 Å². The molecule has 0 saturated carbocycles. The summed E-state index contributed by atoms with van der Waals surface area (Å²) >= 11 is 0.407. The summed E-state index contributed by atoms with van der Waals surface area (Å²) in [4.78, 5) is -1.54. The number of nitrogen functional groups attached to an aromatic ring is 1. The first-order chi connectivity index (χ1) is 22.4. The number of benzene rings is 5. The Morgan fingerprint density at radius 3 is 2.04 bits per heavy atom. The molecule has 0 aliphatic heterocycles. The molecule has 252 valence electrons. The molecule has 0 spiro atoms. The summed E-state index contributed by atoms with van der Waals surface area (Å²) in [5, 5.41) is 30.5. The molecule has 0 aromatic heterocycles. The van der Waals surface area contributed by atoms with Gasteiger partial charge in [-0.05, 0) is 73.3 Å². The predicted molar refractivity (Wildman–Crippen MR) is 172 cm³/mol. The van der Waals surface area contributed by atoms with Crippen LogP contribution < -0.4 is 9.92 Å². The van der Waals surface area contributed by atoms with E-state index in [2.05, 4.69) is 19.6 Å². The second kappa shape index (κ2) is 12.9. The number of azo groups is 1. The molecule has 48 heavy (non-hydrogen) atoms. The maximum Gasteiger partial charge on any atom is 0.339 e. The van der Waals surface area contributed by atoms with Gasteiger partial charge >= 0.3 is 10.1 Å². The van der Waals surface area contributed by atoms with Crippen molar-refractivity contribution in [2.75, 3.05) is 5.73 Å². The first-order valence-electron chi connectivity index (χ1n) is 13.1. The molecule has 16 nitrogen and oxygen atoms in total. The van der Waals surface area contributed by atoms with Crippen molar-refractivity contribution in [1.82, 2.24) is 0 Å². The molecule has 0 bridgehead atoms. The van der Waals surface area contributed by atoms with Crippen molar-refractivity contribution in [3.8, 4) is 11.5 Å². The van der Waals surface area contributed by atoms with Crippen LogP contribution in [0.15, 0.2) is 96.5 Å². The number of nitrogens with zero attached hydrogens (tertiary/aromatic N) is 2. The van der Waals surface area contributed by atoms with Gasteiger partial charge in [-0.1, -0.05) is 22.7 Å². The number of anilines is 1. The Labute approximate surface area is 277 Å². The summed E-state index contributed by atoms with van der Waals surface area (Å²) in [6.45, 7) is 3.24. The van der Waals surface area contributed by atoms with Gasteiger partial charge in [0.2, 0.25) is 0 Å². The molecule has 0 aliphatic carbocycles. The minimum atomic E-state index is -4.95. The van der Waals surface area contributed by atoms with E-state index in [4.69, 9.17) is 15.2 Å². The summed E-state index contributed by atoms with van der Waals surface area (Å²) < 4.78 is 104. The molecule has 0 heterocycles. The molecule has 6 N–H and O–H groups in total. The van der Waals surface area contributed by atoms with Gasteiger partial charge in [-0.3, -0.25) is 9.11 Å². The SMILES string of the molecule is Cc1ccc(S(=O)(=O)Oc2cc(S(=O)(=O)O)cc3c(C)c(N=Nc4cc(S(=O)(=O)O)c5cc(SOOO)cc(O)c5c4N)ccc23)cc1. The third-order valence-electron chi connectivity index (χ3n) is 6.99. The zero-order valence-corrected chi connectivity index (χ0v) is 27.7. The number of phenols is 1. The largest absolute Gasteiger partial charge is 0.507 e. The van der Waals surface area contributed by atoms with E-state index in [-0.39, 0.29) is 54.0 Å². The Kier molecular flexibility index (Phi) is 9.40. The summed E-state index contributed by atoms with van der Waals surface area (Å²) in [6.07, 6.45) is 0. The van der Waals surface area contributed by atoms with Crippen molar-refractivity contribution >= 4 is 81.0 Å². The van der Waals surface area contributed by atoms with E-state index in [0.717, 1.165) is 29.8 Å². The zero-order valence-electron chi connectivity index (χ0n) is 24.4. The highest BCUT2D eigenvalue weighted by Crippen LogP contribution is 2.44. The number of fused-ring (bicyclic) bond motifs is 2. The van der Waals surface area contributed by atoms with Gasteiger partial charge in [0.1, 0.15) is 21.2 Å². The number of hydrogen-bond donors (Lipinski definition) is 5. The van der Waals surface area contributed by atoms with Crippen molar-refractivity contribution in [2.45, 2.75) is 33.4 Å². The average Bonchev–Trinajstić information content (AvgIpc) is 2.99. The maximum absolute atomic E-state index is 13.1. The molecular weight excluding hydrogens is 715 g/mol. The topological polar surface area (TPSA) is 262 Å². The quantitative estimate of drug-likeness (QED) is 0.0209. The Hall–Kier alpha value is -4.38. The molecule has 20 heteroatoms. The summed E-state index contributed by atoms with van der Waals surface area (Å²) in [7, 11) is -14.3. The lowest BCUT2D eigenvalue weighted by Gasteiger charge is -2.14. The van der Waals surface area contributed by atoms with Crippen LogP contribution in [0.25, 0.3) is 21.5 Å². The van der Waals surface area contributed by atoms with E-state index in [1.807, 2.05) is 0 Å². The molecule has 0 saturated heterocycles. The number of hydrogen-bond acceptors (Lipinski definition) is 15. The normalized spacial score (nSPS) is 12.7. The first-order valence-corrected chi connectivity index (χ1v) is 18.1. The Bertz CT molecular complexity index is 2470. The number of nitrogens with two attached hydrogens (primary N) is 1. The monoisotopic (exact) mass is 737 g/mol. The minimum Gasteiger partial charge on any atom is -0.507 e. The summed E-state index contributed by atoms with van der Waals surface area (Å²) in [5.74, 6) is -0.962. The van der Waals surface area contributed by atoms with Crippen molar-refractivity contribution in [3.63, 3.8) is 0 Å². The van der Waals surface area contributed by atoms with Gasteiger partial charge < -0.3 is 15.0 Å². The van der Waals surface area contributed by atoms with Crippen LogP contribution >= 0.6 is 12.0 Å². The van der Waals surface area contributed by atoms with Crippen molar-refractivity contribution in [3.05, 3.63) is 77.9 Å². The fraction of sp³-hybridized carbons (Fsp3) is 0.0714. The van der Waals surface area contributed by atoms with Gasteiger partial charge in [0, 0.05) is 21.7 Å². The fourth-order valence-electron chi connectivity index (χ4n) is 4.70. The van der Waals surface area contributed by atoms with E-state index in [0.29, 0.717) is 12.0 Å². The van der Waals surface area contributed by atoms with E-state index < -0.39 is 51.6 Å². The van der Waals surface area contributed by atoms with E-state index in [1.54, 1.807) is 19.1 Å². The molecule has 0 aliphatic rings. The average molecular weight is 738 g/mol. The van der Waals surface area contributed by atoms with Gasteiger partial charge in [0.25, 0.3) is 20.2 Å². The summed E-state index contributed by atoms with van der Waals surface area (Å²) in [5.41, 5.74) is 6.74. The third kappa shape index (κ3) is 7.06. The number of aryl methyl sites for hydroxylation is 2. The second-order valence-corrected chi connectivity index (χ2v) is 15.3. The van der Waals surface area contributed by atoms with Crippen molar-refractivity contribution < 1.29 is 58.3 Å². The van der Waals surface area contributed by atoms with E-state index in [1.165, 1.54) is 37.3 Å². The van der Waals surface area contributed by atoms with Crippen molar-refractivity contribution in [1.29, 1.82) is 0 Å². The van der Waals surface area contributed by atoms with Gasteiger partial charge in [0.05, 0.1) is 33.7 Å². The maximum atomic E-state index is 13.1. The predicted octanol–water partition coefficient (Wildman–Crippen LogP) is 6.00. The molecule has 0 radical (unpaired) electrons. The number of aromatic hydroxyl groups is 1. The minimum absolute atomic E-state index is 0.0544. The molecule has 0 amide bonds. The van der Waals surface area contributed by atoms with Crippen LogP contribution in [0.3, 0.4) is 0 Å². The second-order valence-electron chi connectivity index (χ2n) is 10.1. The molecule has 0 unspecified atom stereocenters. The van der Waals surface area contributed by atoms with Crippen LogP contribution in [0, 0.1) is 13.8 Å². The highest BCUT2D eigenvalue weighted by molar-refractivity contribution is 7.94. The van der Waals surface area contributed by atoms with E-state index in [9.17, 15) is 39.5 Å². The number of phenolic OH excluding ortho intramolecular Hbond substituents is 1. The van der Waals surface area contributed by atoms with Crippen LogP contribution in [0.4, 0.5) is 17.1 Å². The highest BCUT2D eigenvalue weighted by atomic mass is 32.2. The molecule has 5 aromatic rings. The fourth-order valence-corrected chi connectivity index (χ4v) is 7.30. The highest BCUT2D eigenvalue weighted by Gasteiger charge is 2.24. The first kappa shape index (κ1) is 34.9. The third-order valence-corrected chi connectivity index (χ3v) is 10.5. The van der Waals surface area contributed by atoms with Crippen LogP contribution in [0.1, 0.15) is 11.1 Å². The molecular formula is C28H23N3O13S4. The van der Waals surface area contributed by atoms with Gasteiger partial charge in [-0.25, -0.2) is 5.26 Å². The van der Waals surface area contributed by atoms with Crippen LogP contribution in [-0.4, -0.2) is 44.7 Å². The van der Waals surface area contributed by atoms with Crippen LogP contribution in [-0.2, 0) is 39.7 Å². The molecule has 5 aromatic carbocycles. The lowest BCUT2D eigenvalue weighted by atomic mass is 10.0. The van der Waals surface area contributed by atoms with Gasteiger partial charge in [-0.15, -0.1) is 9.45 Å². The van der Waals surface area contributed by atoms with Crippen LogP contribution in [0.2, 0.25) is 0 Å². The number of rotatable bonds is 10. The van der Waals surface area contributed by atoms with Crippen molar-refractivity contribution in [2.24, 2.45) is 10.2 Å². The van der Waals surface area contributed by atoms with Gasteiger partial charge in [0.15, 0.2) is 5.75 Å². The van der Waals surface area contributed by atoms with Gasteiger partial charge in [-0.2, -0.15) is 30.4 Å². The zero-order chi connectivity index (χ0) is 35.2. The molecule has 0 atom stereocenters. The Morgan fingerprint density at radius 1 is 0.750 bits per heavy atom. The summed E-state index contributed by atoms with van der Waals surface area (Å²) in [6, 6.07) is 13.6. The Balaban J connectivity index is 1.65. The lowest BCUT2D eigenvalue weighted by Crippen LogP contribution is -2.11. The van der Waals surface area contributed by atoms with E-state index >= 15 is 0 Å². The molecule has 0 fully saturated rings.